The maximum Gasteiger partial charge on any atom is -0.0163 e. The Morgan fingerprint density at radius 3 is 1.07 bits per heavy atom. The summed E-state index contributed by atoms with van der Waals surface area (Å²) < 4.78 is 0. The SMILES string of the molecule is C.C.C1=CCC=C1.CC.CC.CCC. The zero-order chi connectivity index (χ0) is 10.2. The third-order valence-electron chi connectivity index (χ3n) is 0.655. The van der Waals surface area contributed by atoms with E-state index >= 15 is 0 Å². The molecule has 0 heteroatoms. The number of allylic oxidation sites excluding steroid dienone is 4. The summed E-state index contributed by atoms with van der Waals surface area (Å²) in [5.41, 5.74) is 0. The summed E-state index contributed by atoms with van der Waals surface area (Å²) in [6.07, 6.45) is 10.8. The van der Waals surface area contributed by atoms with Crippen molar-refractivity contribution in [1.82, 2.24) is 0 Å². The Morgan fingerprint density at radius 1 is 0.786 bits per heavy atom. The summed E-state index contributed by atoms with van der Waals surface area (Å²) in [7, 11) is 0. The van der Waals surface area contributed by atoms with Gasteiger partial charge in [-0.15, -0.1) is 0 Å². The molecule has 0 unspecified atom stereocenters. The Morgan fingerprint density at radius 2 is 1.00 bits per heavy atom. The number of hydrogen-bond donors (Lipinski definition) is 0. The molecule has 0 spiro atoms. The normalized spacial score (nSPS) is 8.43. The lowest BCUT2D eigenvalue weighted by Crippen LogP contribution is -1.37. The van der Waals surface area contributed by atoms with Crippen molar-refractivity contribution in [2.24, 2.45) is 0 Å². The Balaban J connectivity index is -0.0000000271. The van der Waals surface area contributed by atoms with Gasteiger partial charge in [-0.1, -0.05) is 87.1 Å². The van der Waals surface area contributed by atoms with Crippen LogP contribution >= 0.6 is 0 Å². The quantitative estimate of drug-likeness (QED) is 0.436. The minimum Gasteiger partial charge on any atom is -0.0808 e. The van der Waals surface area contributed by atoms with E-state index in [1.165, 1.54) is 6.42 Å². The van der Waals surface area contributed by atoms with Crippen LogP contribution in [0.2, 0.25) is 0 Å². The van der Waals surface area contributed by atoms with E-state index < -0.39 is 0 Å². The highest BCUT2D eigenvalue weighted by molar-refractivity contribution is 5.11. The van der Waals surface area contributed by atoms with Gasteiger partial charge >= 0.3 is 0 Å². The maximum atomic E-state index is 2.12. The molecule has 0 N–H and O–H groups in total. The van der Waals surface area contributed by atoms with Crippen molar-refractivity contribution in [2.45, 2.75) is 69.2 Å². The predicted octanol–water partition coefficient (Wildman–Crippen LogP) is 6.24. The second-order valence-corrected chi connectivity index (χ2v) is 1.80. The van der Waals surface area contributed by atoms with Crippen molar-refractivity contribution in [2.75, 3.05) is 0 Å². The van der Waals surface area contributed by atoms with Crippen LogP contribution in [-0.2, 0) is 0 Å². The van der Waals surface area contributed by atoms with E-state index in [0.29, 0.717) is 0 Å². The van der Waals surface area contributed by atoms with Crippen LogP contribution in [0.3, 0.4) is 0 Å². The van der Waals surface area contributed by atoms with Crippen molar-refractivity contribution in [3.8, 4) is 0 Å². The summed E-state index contributed by atoms with van der Waals surface area (Å²) in [6, 6.07) is 0. The smallest absolute Gasteiger partial charge is 0.0163 e. The van der Waals surface area contributed by atoms with Crippen molar-refractivity contribution in [1.29, 1.82) is 0 Å². The summed E-state index contributed by atoms with van der Waals surface area (Å²) in [4.78, 5) is 0. The highest BCUT2D eigenvalue weighted by Crippen LogP contribution is 1.93. The Labute approximate surface area is 94.1 Å². The largest absolute Gasteiger partial charge is 0.0808 e. The molecule has 1 aliphatic carbocycles. The van der Waals surface area contributed by atoms with Crippen LogP contribution in [-0.4, -0.2) is 0 Å². The lowest BCUT2D eigenvalue weighted by atomic mass is 10.5. The van der Waals surface area contributed by atoms with Gasteiger partial charge in [-0.05, 0) is 6.42 Å². The topological polar surface area (TPSA) is 0 Å². The van der Waals surface area contributed by atoms with E-state index in [9.17, 15) is 0 Å². The molecule has 0 saturated heterocycles. The van der Waals surface area contributed by atoms with Gasteiger partial charge in [-0.2, -0.15) is 0 Å². The molecule has 14 heavy (non-hydrogen) atoms. The molecule has 0 aliphatic heterocycles. The first kappa shape index (κ1) is 29.2. The minimum absolute atomic E-state index is 0. The fourth-order valence-corrected chi connectivity index (χ4v) is 0.393. The van der Waals surface area contributed by atoms with E-state index in [0.717, 1.165) is 6.42 Å². The zero-order valence-corrected chi connectivity index (χ0v) is 9.72. The number of hydrogen-bond acceptors (Lipinski definition) is 0. The molecular formula is C14H34. The fourth-order valence-electron chi connectivity index (χ4n) is 0.393. The van der Waals surface area contributed by atoms with E-state index in [4.69, 9.17) is 0 Å². The van der Waals surface area contributed by atoms with Crippen molar-refractivity contribution >= 4 is 0 Å². The molecule has 0 aromatic rings. The standard InChI is InChI=1S/C5H6.C3H8.2C2H6.2CH4/c1-2-4-5-3-1;1-3-2;2*1-2;;/h1-4H,5H2;3H2,1-2H3;2*1-2H3;2*1H4. The average Bonchev–Trinajstić information content (AvgIpc) is 2.69. The van der Waals surface area contributed by atoms with Crippen molar-refractivity contribution < 1.29 is 0 Å². The van der Waals surface area contributed by atoms with Gasteiger partial charge in [-0.25, -0.2) is 0 Å². The Hall–Kier alpha value is -0.520. The molecule has 0 amide bonds. The first-order valence-electron chi connectivity index (χ1n) is 5.23. The highest BCUT2D eigenvalue weighted by atomic mass is 13.8. The third-order valence-corrected chi connectivity index (χ3v) is 0.655. The molecule has 0 bridgehead atoms. The van der Waals surface area contributed by atoms with Crippen LogP contribution in [0.1, 0.15) is 69.2 Å². The van der Waals surface area contributed by atoms with E-state index in [1.807, 2.05) is 27.7 Å². The van der Waals surface area contributed by atoms with Gasteiger partial charge < -0.3 is 0 Å². The number of rotatable bonds is 0. The van der Waals surface area contributed by atoms with Crippen LogP contribution in [0.4, 0.5) is 0 Å². The molecule has 0 fully saturated rings. The van der Waals surface area contributed by atoms with Gasteiger partial charge in [0.25, 0.3) is 0 Å². The summed E-state index contributed by atoms with van der Waals surface area (Å²) in [5, 5.41) is 0. The van der Waals surface area contributed by atoms with Crippen molar-refractivity contribution in [3.63, 3.8) is 0 Å². The fraction of sp³-hybridized carbons (Fsp3) is 0.714. The molecule has 0 radical (unpaired) electrons. The van der Waals surface area contributed by atoms with E-state index in [-0.39, 0.29) is 14.9 Å². The Bertz CT molecular complexity index is 68.0. The molecule has 1 rings (SSSR count). The molecule has 1 aliphatic rings. The average molecular weight is 202 g/mol. The molecule has 0 aromatic heterocycles. The van der Waals surface area contributed by atoms with Gasteiger partial charge in [0.1, 0.15) is 0 Å². The molecule has 0 saturated carbocycles. The molecule has 0 heterocycles. The third kappa shape index (κ3) is 62.8. The summed E-state index contributed by atoms with van der Waals surface area (Å²) in [5.74, 6) is 0. The summed E-state index contributed by atoms with van der Waals surface area (Å²) >= 11 is 0. The van der Waals surface area contributed by atoms with E-state index in [1.54, 1.807) is 0 Å². The zero-order valence-electron chi connectivity index (χ0n) is 9.72. The Kier molecular flexibility index (Phi) is 114. The second kappa shape index (κ2) is 54.8. The van der Waals surface area contributed by atoms with Crippen LogP contribution in [0.15, 0.2) is 24.3 Å². The lowest BCUT2D eigenvalue weighted by Gasteiger charge is -1.57. The van der Waals surface area contributed by atoms with Gasteiger partial charge in [-0.3, -0.25) is 0 Å². The van der Waals surface area contributed by atoms with E-state index in [2.05, 4.69) is 38.2 Å². The first-order chi connectivity index (χ1) is 5.91. The summed E-state index contributed by atoms with van der Waals surface area (Å²) in [6.45, 7) is 12.2. The second-order valence-electron chi connectivity index (χ2n) is 1.80. The van der Waals surface area contributed by atoms with Crippen LogP contribution < -0.4 is 0 Å². The van der Waals surface area contributed by atoms with Gasteiger partial charge in [0.15, 0.2) is 0 Å². The molecule has 0 nitrogen and oxygen atoms in total. The monoisotopic (exact) mass is 202 g/mol. The predicted molar refractivity (Wildman–Crippen MR) is 75.0 cm³/mol. The van der Waals surface area contributed by atoms with Crippen LogP contribution in [0.25, 0.3) is 0 Å². The van der Waals surface area contributed by atoms with Crippen LogP contribution in [0.5, 0.6) is 0 Å². The van der Waals surface area contributed by atoms with Crippen LogP contribution in [0, 0.1) is 0 Å². The molecular weight excluding hydrogens is 168 g/mol. The minimum atomic E-state index is 0. The maximum absolute atomic E-state index is 2.12. The lowest BCUT2D eigenvalue weighted by molar-refractivity contribution is 1.09. The van der Waals surface area contributed by atoms with Gasteiger partial charge in [0, 0.05) is 0 Å². The van der Waals surface area contributed by atoms with Gasteiger partial charge in [0.05, 0.1) is 0 Å². The first-order valence-corrected chi connectivity index (χ1v) is 5.23. The van der Waals surface area contributed by atoms with Gasteiger partial charge in [0.2, 0.25) is 0 Å². The van der Waals surface area contributed by atoms with Crippen molar-refractivity contribution in [3.05, 3.63) is 24.3 Å². The highest BCUT2D eigenvalue weighted by Gasteiger charge is 1.72. The molecule has 90 valence electrons. The molecule has 0 aromatic carbocycles. The molecule has 0 atom stereocenters.